The number of carbonyl (C=O) groups is 2. The highest BCUT2D eigenvalue weighted by Gasteiger charge is 2.32. The lowest BCUT2D eigenvalue weighted by atomic mass is 9.88. The van der Waals surface area contributed by atoms with E-state index in [1.165, 1.54) is 11.3 Å². The Bertz CT molecular complexity index is 1270. The van der Waals surface area contributed by atoms with E-state index >= 15 is 0 Å². The molecule has 0 aliphatic carbocycles. The van der Waals surface area contributed by atoms with E-state index in [0.29, 0.717) is 30.5 Å². The Morgan fingerprint density at radius 3 is 2.34 bits per heavy atom. The summed E-state index contributed by atoms with van der Waals surface area (Å²) in [5, 5.41) is 16.6. The van der Waals surface area contributed by atoms with Gasteiger partial charge >= 0.3 is 0 Å². The first-order valence-corrected chi connectivity index (χ1v) is 15.4. The third-order valence-corrected chi connectivity index (χ3v) is 7.85. The molecule has 2 aromatic carbocycles. The normalized spacial score (nSPS) is 13.1. The van der Waals surface area contributed by atoms with Gasteiger partial charge in [0.15, 0.2) is 5.13 Å². The molecule has 222 valence electrons. The second-order valence-corrected chi connectivity index (χ2v) is 12.9. The second-order valence-electron chi connectivity index (χ2n) is 11.9. The maximum absolute atomic E-state index is 13.3. The highest BCUT2D eigenvalue weighted by molar-refractivity contribution is 7.19. The van der Waals surface area contributed by atoms with Crippen LogP contribution in [0.2, 0.25) is 0 Å². The Hall–Kier alpha value is -3.23. The van der Waals surface area contributed by atoms with Crippen LogP contribution in [0.3, 0.4) is 0 Å². The van der Waals surface area contributed by atoms with Crippen LogP contribution in [0.4, 0.5) is 5.13 Å². The van der Waals surface area contributed by atoms with Crippen molar-refractivity contribution in [3.63, 3.8) is 0 Å². The number of nitrogens with one attached hydrogen (secondary N) is 2. The quantitative estimate of drug-likeness (QED) is 0.191. The second kappa shape index (κ2) is 15.1. The van der Waals surface area contributed by atoms with E-state index in [0.717, 1.165) is 46.7 Å². The minimum absolute atomic E-state index is 0.337. The maximum Gasteiger partial charge on any atom is 0.250 e. The fourth-order valence-electron chi connectivity index (χ4n) is 4.40. The van der Waals surface area contributed by atoms with Gasteiger partial charge in [-0.25, -0.2) is 4.98 Å². The standard InChI is InChI=1S/C33H45N3O4S/c1-7-14-27(34-31(39)29(37)33(4,5)6)30(38)36-32-35-26(20-13-15-22(2)3)28(41-32)25-19-12-11-16-23(25)21-40-24-17-9-8-10-18-24/h8-12,16-19,22,27,29,37H,7,13-15,20-21H2,1-6H3,(H,34,39)(H,35,36,38)/t27-,29+/m0/s1. The number of thiazole rings is 1. The lowest BCUT2D eigenvalue weighted by Gasteiger charge is -2.26. The van der Waals surface area contributed by atoms with E-state index in [9.17, 15) is 14.7 Å². The van der Waals surface area contributed by atoms with Crippen molar-refractivity contribution < 1.29 is 19.4 Å². The number of benzene rings is 2. The molecule has 3 aromatic rings. The summed E-state index contributed by atoms with van der Waals surface area (Å²) < 4.78 is 6.07. The van der Waals surface area contributed by atoms with E-state index in [2.05, 4.69) is 36.6 Å². The highest BCUT2D eigenvalue weighted by atomic mass is 32.1. The molecule has 0 radical (unpaired) electrons. The minimum Gasteiger partial charge on any atom is -0.489 e. The fraction of sp³-hybridized carbons (Fsp3) is 0.485. The topological polar surface area (TPSA) is 101 Å². The number of para-hydroxylation sites is 1. The highest BCUT2D eigenvalue weighted by Crippen LogP contribution is 2.37. The average molecular weight is 580 g/mol. The minimum atomic E-state index is -1.22. The molecule has 7 nitrogen and oxygen atoms in total. The molecular formula is C33H45N3O4S. The number of aliphatic hydroxyl groups is 1. The van der Waals surface area contributed by atoms with Crippen LogP contribution >= 0.6 is 11.3 Å². The molecule has 1 aromatic heterocycles. The largest absolute Gasteiger partial charge is 0.489 e. The van der Waals surface area contributed by atoms with Crippen molar-refractivity contribution in [3.05, 3.63) is 65.9 Å². The van der Waals surface area contributed by atoms with Gasteiger partial charge in [0.25, 0.3) is 0 Å². The summed E-state index contributed by atoms with van der Waals surface area (Å²) in [6.07, 6.45) is 2.79. The van der Waals surface area contributed by atoms with Crippen LogP contribution in [-0.4, -0.2) is 34.1 Å². The van der Waals surface area contributed by atoms with Crippen LogP contribution in [-0.2, 0) is 22.6 Å². The fourth-order valence-corrected chi connectivity index (χ4v) is 5.48. The van der Waals surface area contributed by atoms with Gasteiger partial charge in [-0.1, -0.05) is 108 Å². The Kier molecular flexibility index (Phi) is 11.9. The molecule has 3 N–H and O–H groups in total. The number of anilines is 1. The monoisotopic (exact) mass is 579 g/mol. The number of aromatic nitrogens is 1. The van der Waals surface area contributed by atoms with Crippen LogP contribution in [0.1, 0.15) is 78.5 Å². The molecule has 2 amide bonds. The number of rotatable bonds is 14. The first-order valence-electron chi connectivity index (χ1n) is 14.5. The molecule has 0 aliphatic heterocycles. The van der Waals surface area contributed by atoms with Crippen molar-refractivity contribution in [1.82, 2.24) is 10.3 Å². The molecule has 0 aliphatic rings. The predicted octanol–water partition coefficient (Wildman–Crippen LogP) is 7.00. The van der Waals surface area contributed by atoms with E-state index < -0.39 is 23.5 Å². The molecule has 41 heavy (non-hydrogen) atoms. The van der Waals surface area contributed by atoms with Crippen molar-refractivity contribution in [1.29, 1.82) is 0 Å². The number of hydrogen-bond donors (Lipinski definition) is 3. The van der Waals surface area contributed by atoms with Crippen LogP contribution in [0, 0.1) is 11.3 Å². The number of aryl methyl sites for hydroxylation is 1. The van der Waals surface area contributed by atoms with E-state index in [-0.39, 0.29) is 5.91 Å². The van der Waals surface area contributed by atoms with Gasteiger partial charge in [-0.2, -0.15) is 0 Å². The van der Waals surface area contributed by atoms with E-state index in [1.54, 1.807) is 20.8 Å². The van der Waals surface area contributed by atoms with Crippen LogP contribution in [0.5, 0.6) is 5.75 Å². The molecule has 0 saturated carbocycles. The molecule has 0 spiro atoms. The Balaban J connectivity index is 1.86. The smallest absolute Gasteiger partial charge is 0.250 e. The van der Waals surface area contributed by atoms with Gasteiger partial charge in [0.05, 0.1) is 10.6 Å². The van der Waals surface area contributed by atoms with Crippen molar-refractivity contribution >= 4 is 28.3 Å². The predicted molar refractivity (Wildman–Crippen MR) is 167 cm³/mol. The third kappa shape index (κ3) is 9.68. The van der Waals surface area contributed by atoms with Crippen molar-refractivity contribution in [2.45, 2.75) is 92.4 Å². The molecule has 0 fully saturated rings. The Labute approximate surface area is 248 Å². The van der Waals surface area contributed by atoms with E-state index in [4.69, 9.17) is 9.72 Å². The number of ether oxygens (including phenoxy) is 1. The first-order chi connectivity index (χ1) is 19.5. The number of aliphatic hydroxyl groups excluding tert-OH is 1. The Morgan fingerprint density at radius 2 is 1.68 bits per heavy atom. The molecular weight excluding hydrogens is 534 g/mol. The average Bonchev–Trinajstić information content (AvgIpc) is 3.33. The summed E-state index contributed by atoms with van der Waals surface area (Å²) in [6, 6.07) is 17.1. The van der Waals surface area contributed by atoms with Crippen LogP contribution < -0.4 is 15.4 Å². The number of amides is 2. The lowest BCUT2D eigenvalue weighted by molar-refractivity contribution is -0.137. The molecule has 0 saturated heterocycles. The van der Waals surface area contributed by atoms with Gasteiger partial charge in [-0.3, -0.25) is 9.59 Å². The van der Waals surface area contributed by atoms with Crippen LogP contribution in [0.15, 0.2) is 54.6 Å². The first kappa shape index (κ1) is 32.3. The SMILES string of the molecule is CCC[C@H](NC(=O)[C@@H](O)C(C)(C)C)C(=O)Nc1nc(CCCC(C)C)c(-c2ccccc2COc2ccccc2)s1. The molecule has 1 heterocycles. The summed E-state index contributed by atoms with van der Waals surface area (Å²) in [5.41, 5.74) is 2.38. The van der Waals surface area contributed by atoms with Gasteiger partial charge in [0.1, 0.15) is 24.5 Å². The molecule has 0 unspecified atom stereocenters. The molecule has 0 bridgehead atoms. The summed E-state index contributed by atoms with van der Waals surface area (Å²) in [7, 11) is 0. The summed E-state index contributed by atoms with van der Waals surface area (Å²) in [6.45, 7) is 12.1. The maximum atomic E-state index is 13.3. The van der Waals surface area contributed by atoms with Crippen molar-refractivity contribution in [2.24, 2.45) is 11.3 Å². The lowest BCUT2D eigenvalue weighted by Crippen LogP contribution is -2.50. The summed E-state index contributed by atoms with van der Waals surface area (Å²) in [5.74, 6) is 0.505. The zero-order valence-corrected chi connectivity index (χ0v) is 26.0. The zero-order valence-electron chi connectivity index (χ0n) is 25.2. The van der Waals surface area contributed by atoms with Gasteiger partial charge in [-0.15, -0.1) is 0 Å². The summed E-state index contributed by atoms with van der Waals surface area (Å²) in [4.78, 5) is 31.9. The zero-order chi connectivity index (χ0) is 30.0. The third-order valence-electron chi connectivity index (χ3n) is 6.80. The van der Waals surface area contributed by atoms with E-state index in [1.807, 2.05) is 49.4 Å². The van der Waals surface area contributed by atoms with Gasteiger partial charge < -0.3 is 20.5 Å². The van der Waals surface area contributed by atoms with Crippen molar-refractivity contribution in [2.75, 3.05) is 5.32 Å². The van der Waals surface area contributed by atoms with Crippen molar-refractivity contribution in [3.8, 4) is 16.2 Å². The van der Waals surface area contributed by atoms with Gasteiger partial charge in [0, 0.05) is 5.56 Å². The molecule has 3 rings (SSSR count). The summed E-state index contributed by atoms with van der Waals surface area (Å²) >= 11 is 1.44. The van der Waals surface area contributed by atoms with Gasteiger partial charge in [-0.05, 0) is 48.3 Å². The number of carbonyl (C=O) groups excluding carboxylic acids is 2. The van der Waals surface area contributed by atoms with Gasteiger partial charge in [0.2, 0.25) is 11.8 Å². The Morgan fingerprint density at radius 1 is 1.00 bits per heavy atom. The molecule has 2 atom stereocenters. The number of hydrogen-bond acceptors (Lipinski definition) is 6. The van der Waals surface area contributed by atoms with Crippen LogP contribution in [0.25, 0.3) is 10.4 Å². The molecule has 8 heteroatoms. The number of nitrogens with zero attached hydrogens (tertiary/aromatic N) is 1.